The van der Waals surface area contributed by atoms with Crippen molar-refractivity contribution in [1.82, 2.24) is 4.72 Å². The molecule has 0 saturated heterocycles. The Labute approximate surface area is 110 Å². The van der Waals surface area contributed by atoms with Gasteiger partial charge in [0, 0.05) is 0 Å². The molecule has 3 rings (SSSR count). The first kappa shape index (κ1) is 12.0. The standard InChI is InChI=1S/C11H15N3O2S2/c15-18(16)10-9(6-7-17-10)13-11(14-18)12-8-4-2-1-3-5-8/h6-8H,1-5H2,(H2,12,13,14). The van der Waals surface area contributed by atoms with Gasteiger partial charge < -0.3 is 5.32 Å². The van der Waals surface area contributed by atoms with Crippen LogP contribution in [0, 0.1) is 0 Å². The molecule has 0 aromatic carbocycles. The van der Waals surface area contributed by atoms with Gasteiger partial charge in [0.1, 0.15) is 0 Å². The number of rotatable bonds is 1. The number of hydrogen-bond donors (Lipinski definition) is 2. The van der Waals surface area contributed by atoms with Crippen LogP contribution in [0.5, 0.6) is 0 Å². The van der Waals surface area contributed by atoms with Crippen LogP contribution in [0.4, 0.5) is 5.69 Å². The van der Waals surface area contributed by atoms with Gasteiger partial charge in [-0.3, -0.25) is 0 Å². The second-order valence-corrected chi connectivity index (χ2v) is 7.42. The Balaban J connectivity index is 1.86. The van der Waals surface area contributed by atoms with E-state index in [1.54, 1.807) is 11.4 Å². The largest absolute Gasteiger partial charge is 0.324 e. The Bertz CT molecular complexity index is 571. The number of aliphatic imine (C=N–C) groups is 1. The Morgan fingerprint density at radius 2 is 2.06 bits per heavy atom. The Morgan fingerprint density at radius 3 is 2.83 bits per heavy atom. The molecule has 0 radical (unpaired) electrons. The lowest BCUT2D eigenvalue weighted by molar-refractivity contribution is 0.443. The highest BCUT2D eigenvalue weighted by Crippen LogP contribution is 2.30. The number of sulfonamides is 1. The molecule has 2 heterocycles. The van der Waals surface area contributed by atoms with Crippen LogP contribution in [0.3, 0.4) is 0 Å². The predicted octanol–water partition coefficient (Wildman–Crippen LogP) is 2.14. The minimum absolute atomic E-state index is 0.240. The minimum atomic E-state index is -3.42. The van der Waals surface area contributed by atoms with Crippen LogP contribution < -0.4 is 10.0 Å². The zero-order chi connectivity index (χ0) is 12.6. The molecular weight excluding hydrogens is 270 g/mol. The molecule has 5 nitrogen and oxygen atoms in total. The van der Waals surface area contributed by atoms with Gasteiger partial charge in [0.25, 0.3) is 10.0 Å². The quantitative estimate of drug-likeness (QED) is 0.830. The van der Waals surface area contributed by atoms with E-state index < -0.39 is 10.0 Å². The van der Waals surface area contributed by atoms with E-state index >= 15 is 0 Å². The monoisotopic (exact) mass is 285 g/mol. The molecule has 1 aromatic rings. The summed E-state index contributed by atoms with van der Waals surface area (Å²) in [5.74, 6) is 0.368. The summed E-state index contributed by atoms with van der Waals surface area (Å²) >= 11 is 1.21. The second kappa shape index (κ2) is 4.55. The maximum Gasteiger partial charge on any atom is 0.275 e. The molecule has 1 aliphatic carbocycles. The van der Waals surface area contributed by atoms with Gasteiger partial charge in [-0.2, -0.15) is 0 Å². The summed E-state index contributed by atoms with van der Waals surface area (Å²) in [4.78, 5) is 4.49. The molecule has 2 aliphatic rings. The fraction of sp³-hybridized carbons (Fsp3) is 0.545. The van der Waals surface area contributed by atoms with Crippen molar-refractivity contribution in [3.8, 4) is 0 Å². The topological polar surface area (TPSA) is 70.6 Å². The van der Waals surface area contributed by atoms with Crippen LogP contribution in [0.1, 0.15) is 32.1 Å². The normalized spacial score (nSPS) is 25.2. The van der Waals surface area contributed by atoms with Gasteiger partial charge in [0.05, 0.1) is 11.7 Å². The van der Waals surface area contributed by atoms with Crippen LogP contribution in [0.15, 0.2) is 20.6 Å². The van der Waals surface area contributed by atoms with Gasteiger partial charge in [0.15, 0.2) is 4.21 Å². The highest BCUT2D eigenvalue weighted by molar-refractivity contribution is 7.92. The molecule has 0 bridgehead atoms. The summed E-state index contributed by atoms with van der Waals surface area (Å²) in [6, 6.07) is 2.01. The zero-order valence-corrected chi connectivity index (χ0v) is 11.5. The number of fused-ring (bicyclic) bond motifs is 1. The maximum absolute atomic E-state index is 12.0. The van der Waals surface area contributed by atoms with E-state index in [-0.39, 0.29) is 6.04 Å². The first-order valence-electron chi connectivity index (χ1n) is 6.10. The van der Waals surface area contributed by atoms with Crippen LogP contribution in [-0.4, -0.2) is 20.4 Å². The van der Waals surface area contributed by atoms with Crippen molar-refractivity contribution in [2.75, 3.05) is 5.32 Å². The van der Waals surface area contributed by atoms with Gasteiger partial charge in [0.2, 0.25) is 5.96 Å². The molecule has 0 spiro atoms. The van der Waals surface area contributed by atoms with Gasteiger partial charge >= 0.3 is 0 Å². The molecule has 1 saturated carbocycles. The molecule has 7 heteroatoms. The molecule has 1 fully saturated rings. The number of hydrogen-bond acceptors (Lipinski definition) is 4. The number of thiophene rings is 1. The molecule has 0 atom stereocenters. The zero-order valence-electron chi connectivity index (χ0n) is 9.85. The summed E-state index contributed by atoms with van der Waals surface area (Å²) in [7, 11) is -3.42. The summed E-state index contributed by atoms with van der Waals surface area (Å²) in [6.07, 6.45) is 5.71. The third-order valence-electron chi connectivity index (χ3n) is 3.24. The molecule has 0 unspecified atom stereocenters. The summed E-state index contributed by atoms with van der Waals surface area (Å²) in [5, 5.41) is 4.81. The molecule has 18 heavy (non-hydrogen) atoms. The maximum atomic E-state index is 12.0. The molecular formula is C11H15N3O2S2. The van der Waals surface area contributed by atoms with Crippen LogP contribution in [0.25, 0.3) is 0 Å². The van der Waals surface area contributed by atoms with E-state index in [1.807, 2.05) is 0 Å². The second-order valence-electron chi connectivity index (χ2n) is 4.62. The van der Waals surface area contributed by atoms with Gasteiger partial charge in [-0.25, -0.2) is 18.1 Å². The Hall–Kier alpha value is -1.08. The van der Waals surface area contributed by atoms with E-state index in [2.05, 4.69) is 15.0 Å². The fourth-order valence-corrected chi connectivity index (χ4v) is 4.61. The number of nitrogens with one attached hydrogen (secondary N) is 2. The number of nitrogens with zero attached hydrogens (tertiary/aromatic N) is 1. The lowest BCUT2D eigenvalue weighted by Gasteiger charge is -2.22. The van der Waals surface area contributed by atoms with Gasteiger partial charge in [-0.05, 0) is 24.3 Å². The SMILES string of the molecule is O=S1(=O)NC(=NC2CCCCC2)Nc2ccsc21. The first-order valence-corrected chi connectivity index (χ1v) is 8.46. The third-order valence-corrected chi connectivity index (χ3v) is 6.07. The van der Waals surface area contributed by atoms with Crippen molar-refractivity contribution in [3.05, 3.63) is 11.4 Å². The molecule has 0 amide bonds. The van der Waals surface area contributed by atoms with E-state index in [0.29, 0.717) is 15.9 Å². The van der Waals surface area contributed by atoms with Gasteiger partial charge in [-0.1, -0.05) is 19.3 Å². The van der Waals surface area contributed by atoms with Gasteiger partial charge in [-0.15, -0.1) is 11.3 Å². The molecule has 1 aromatic heterocycles. The third kappa shape index (κ3) is 2.24. The lowest BCUT2D eigenvalue weighted by atomic mass is 9.96. The average Bonchev–Trinajstić information content (AvgIpc) is 2.78. The Kier molecular flexibility index (Phi) is 3.03. The summed E-state index contributed by atoms with van der Waals surface area (Å²) in [6.45, 7) is 0. The first-order chi connectivity index (χ1) is 8.65. The van der Waals surface area contributed by atoms with Crippen molar-refractivity contribution < 1.29 is 8.42 Å². The van der Waals surface area contributed by atoms with E-state index in [4.69, 9.17) is 0 Å². The lowest BCUT2D eigenvalue weighted by Crippen LogP contribution is -2.40. The van der Waals surface area contributed by atoms with Crippen molar-refractivity contribution in [3.63, 3.8) is 0 Å². The number of anilines is 1. The summed E-state index contributed by atoms with van der Waals surface area (Å²) in [5.41, 5.74) is 0.633. The van der Waals surface area contributed by atoms with Crippen LogP contribution in [-0.2, 0) is 10.0 Å². The van der Waals surface area contributed by atoms with Crippen molar-refractivity contribution in [2.24, 2.45) is 4.99 Å². The number of guanidine groups is 1. The molecule has 98 valence electrons. The van der Waals surface area contributed by atoms with E-state index in [1.165, 1.54) is 30.6 Å². The molecule has 1 aliphatic heterocycles. The average molecular weight is 285 g/mol. The molecule has 2 N–H and O–H groups in total. The van der Waals surface area contributed by atoms with E-state index in [0.717, 1.165) is 12.8 Å². The fourth-order valence-electron chi connectivity index (χ4n) is 2.37. The minimum Gasteiger partial charge on any atom is -0.324 e. The Morgan fingerprint density at radius 1 is 1.28 bits per heavy atom. The van der Waals surface area contributed by atoms with Crippen molar-refractivity contribution >= 4 is 33.0 Å². The highest BCUT2D eigenvalue weighted by Gasteiger charge is 2.28. The van der Waals surface area contributed by atoms with Crippen molar-refractivity contribution in [2.45, 2.75) is 42.4 Å². The van der Waals surface area contributed by atoms with E-state index in [9.17, 15) is 8.42 Å². The van der Waals surface area contributed by atoms with Crippen LogP contribution in [0.2, 0.25) is 0 Å². The highest BCUT2D eigenvalue weighted by atomic mass is 32.2. The summed E-state index contributed by atoms with van der Waals surface area (Å²) < 4.78 is 26.8. The van der Waals surface area contributed by atoms with Crippen molar-refractivity contribution in [1.29, 1.82) is 0 Å². The smallest absolute Gasteiger partial charge is 0.275 e. The predicted molar refractivity (Wildman–Crippen MR) is 72.6 cm³/mol. The van der Waals surface area contributed by atoms with Crippen LogP contribution >= 0.6 is 11.3 Å².